The molecule has 0 saturated carbocycles. The van der Waals surface area contributed by atoms with E-state index in [2.05, 4.69) is 0 Å². The minimum atomic E-state index is -0.748. The van der Waals surface area contributed by atoms with E-state index in [0.717, 1.165) is 4.57 Å². The number of phenolic OH excluding ortho intramolecular Hbond substituents is 1. The zero-order chi connectivity index (χ0) is 20.2. The summed E-state index contributed by atoms with van der Waals surface area (Å²) in [6.45, 7) is 0.392. The lowest BCUT2D eigenvalue weighted by molar-refractivity contribution is 0.190. The molecule has 1 heterocycles. The van der Waals surface area contributed by atoms with Crippen LogP contribution in [0, 0.1) is 0 Å². The Morgan fingerprint density at radius 2 is 1.50 bits per heavy atom. The fourth-order valence-corrected chi connectivity index (χ4v) is 3.72. The highest BCUT2D eigenvalue weighted by Gasteiger charge is 2.26. The van der Waals surface area contributed by atoms with Gasteiger partial charge < -0.3 is 15.6 Å². The molecule has 0 saturated heterocycles. The van der Waals surface area contributed by atoms with Gasteiger partial charge >= 0.3 is 0 Å². The van der Waals surface area contributed by atoms with Gasteiger partial charge in [-0.2, -0.15) is 0 Å². The lowest BCUT2D eigenvalue weighted by Crippen LogP contribution is -2.26. The number of hydrogen-bond donors (Lipinski definition) is 2. The molecule has 0 unspecified atom stereocenters. The summed E-state index contributed by atoms with van der Waals surface area (Å²) >= 11 is 0. The highest BCUT2D eigenvalue weighted by atomic mass is 16.5. The first-order valence-electron chi connectivity index (χ1n) is 8.62. The molecule has 0 bridgehead atoms. The Kier molecular flexibility index (Phi) is 4.01. The third-order valence-electron chi connectivity index (χ3n) is 5.03. The van der Waals surface area contributed by atoms with Crippen molar-refractivity contribution in [1.29, 1.82) is 0 Å². The first-order chi connectivity index (χ1) is 13.4. The maximum absolute atomic E-state index is 12.9. The van der Waals surface area contributed by atoms with Crippen LogP contribution in [-0.2, 0) is 11.3 Å². The number of ether oxygens (including phenoxy) is 1. The Morgan fingerprint density at radius 3 is 2.11 bits per heavy atom. The Hall–Kier alpha value is -3.52. The molecule has 8 nitrogen and oxygen atoms in total. The van der Waals surface area contributed by atoms with Crippen molar-refractivity contribution in [2.75, 3.05) is 19.5 Å². The number of benzene rings is 3. The van der Waals surface area contributed by atoms with E-state index in [1.54, 1.807) is 12.1 Å². The van der Waals surface area contributed by atoms with E-state index >= 15 is 0 Å². The number of nitrogens with two attached hydrogens (primary N) is 1. The number of phenols is 1. The van der Waals surface area contributed by atoms with Crippen molar-refractivity contribution < 1.29 is 9.84 Å². The molecular weight excluding hydrogens is 364 g/mol. The zero-order valence-electron chi connectivity index (χ0n) is 14.9. The molecule has 142 valence electrons. The van der Waals surface area contributed by atoms with Crippen molar-refractivity contribution in [3.8, 4) is 5.75 Å². The summed E-state index contributed by atoms with van der Waals surface area (Å²) in [4.78, 5) is 51.4. The molecular formula is C20H16N2O6. The van der Waals surface area contributed by atoms with Crippen LogP contribution in [0.4, 0.5) is 5.69 Å². The van der Waals surface area contributed by atoms with Gasteiger partial charge in [-0.15, -0.1) is 0 Å². The van der Waals surface area contributed by atoms with Gasteiger partial charge in [0.15, 0.2) is 10.9 Å². The second kappa shape index (κ2) is 6.28. The minimum absolute atomic E-state index is 0.0614. The number of anilines is 1. The third kappa shape index (κ3) is 2.21. The fraction of sp³-hybridized carbons (Fsp3) is 0.200. The molecule has 3 N–H and O–H groups in total. The van der Waals surface area contributed by atoms with Crippen molar-refractivity contribution in [2.45, 2.75) is 13.0 Å². The van der Waals surface area contributed by atoms with Crippen LogP contribution in [0.25, 0.3) is 32.3 Å². The van der Waals surface area contributed by atoms with Gasteiger partial charge in [0, 0.05) is 31.0 Å². The smallest absolute Gasteiger partial charge is 0.265 e. The van der Waals surface area contributed by atoms with Gasteiger partial charge in [-0.1, -0.05) is 24.3 Å². The average Bonchev–Trinajstić information content (AvgIpc) is 2.94. The van der Waals surface area contributed by atoms with Crippen LogP contribution in [0.5, 0.6) is 5.75 Å². The van der Waals surface area contributed by atoms with Crippen molar-refractivity contribution in [3.05, 3.63) is 65.4 Å². The van der Waals surface area contributed by atoms with E-state index in [4.69, 9.17) is 10.5 Å². The van der Waals surface area contributed by atoms with Gasteiger partial charge in [-0.3, -0.25) is 23.7 Å². The van der Waals surface area contributed by atoms with Crippen LogP contribution >= 0.6 is 0 Å². The molecule has 0 fully saturated rings. The lowest BCUT2D eigenvalue weighted by atomic mass is 9.97. The quantitative estimate of drug-likeness (QED) is 0.229. The van der Waals surface area contributed by atoms with Crippen LogP contribution in [-0.4, -0.2) is 23.4 Å². The number of nitrogen functional groups attached to an aromatic ring is 1. The maximum Gasteiger partial charge on any atom is 0.265 e. The van der Waals surface area contributed by atoms with Crippen molar-refractivity contribution >= 4 is 38.0 Å². The molecule has 0 atom stereocenters. The van der Waals surface area contributed by atoms with Gasteiger partial charge in [-0.05, 0) is 6.42 Å². The Bertz CT molecular complexity index is 1370. The largest absolute Gasteiger partial charge is 0.506 e. The molecule has 0 aliphatic carbocycles. The van der Waals surface area contributed by atoms with E-state index in [0.29, 0.717) is 13.0 Å². The van der Waals surface area contributed by atoms with E-state index < -0.39 is 27.7 Å². The molecule has 0 aliphatic heterocycles. The van der Waals surface area contributed by atoms with E-state index in [1.807, 2.05) is 0 Å². The Balaban J connectivity index is 2.25. The van der Waals surface area contributed by atoms with Gasteiger partial charge in [0.1, 0.15) is 5.75 Å². The molecule has 28 heavy (non-hydrogen) atoms. The van der Waals surface area contributed by atoms with Crippen LogP contribution in [0.3, 0.4) is 0 Å². The summed E-state index contributed by atoms with van der Waals surface area (Å²) in [5.41, 5.74) is 3.20. The Labute approximate surface area is 156 Å². The predicted molar refractivity (Wildman–Crippen MR) is 107 cm³/mol. The van der Waals surface area contributed by atoms with Crippen molar-refractivity contribution in [2.24, 2.45) is 0 Å². The van der Waals surface area contributed by atoms with E-state index in [9.17, 15) is 24.3 Å². The molecule has 0 amide bonds. The standard InChI is InChI=1S/C20H16N2O6/c1-28-8-4-7-22-19(26)12-14(20(22)27)18(25)13-11(15(12)21)16(23)9-5-2-3-6-10(9)17(13)24/h2-3,5-6,25H,4,7-8,21H2,1H3. The lowest BCUT2D eigenvalue weighted by Gasteiger charge is -2.06. The Morgan fingerprint density at radius 1 is 0.929 bits per heavy atom. The maximum atomic E-state index is 12.9. The summed E-state index contributed by atoms with van der Waals surface area (Å²) in [5.74, 6) is -0.681. The van der Waals surface area contributed by atoms with Crippen molar-refractivity contribution in [1.82, 2.24) is 4.57 Å². The molecule has 1 aromatic heterocycles. The van der Waals surface area contributed by atoms with Crippen molar-refractivity contribution in [3.63, 3.8) is 0 Å². The van der Waals surface area contributed by atoms with Crippen LogP contribution in [0.2, 0.25) is 0 Å². The summed E-state index contributed by atoms with van der Waals surface area (Å²) in [6, 6.07) is 6.14. The third-order valence-corrected chi connectivity index (χ3v) is 5.03. The average molecular weight is 380 g/mol. The number of fused-ring (bicyclic) bond motifs is 3. The normalized spacial score (nSPS) is 11.8. The zero-order valence-corrected chi connectivity index (χ0v) is 14.9. The van der Waals surface area contributed by atoms with Crippen LogP contribution < -0.4 is 27.7 Å². The molecule has 0 aliphatic rings. The number of aromatic hydroxyl groups is 1. The fourth-order valence-electron chi connectivity index (χ4n) is 3.72. The van der Waals surface area contributed by atoms with Crippen LogP contribution in [0.1, 0.15) is 6.42 Å². The molecule has 0 spiro atoms. The summed E-state index contributed by atoms with van der Waals surface area (Å²) < 4.78 is 5.87. The van der Waals surface area contributed by atoms with E-state index in [-0.39, 0.29) is 44.5 Å². The number of rotatable bonds is 4. The number of methoxy groups -OCH3 is 1. The second-order valence-electron chi connectivity index (χ2n) is 6.57. The first-order valence-corrected chi connectivity index (χ1v) is 8.62. The highest BCUT2D eigenvalue weighted by Crippen LogP contribution is 2.34. The number of hydrogen-bond acceptors (Lipinski definition) is 7. The van der Waals surface area contributed by atoms with Gasteiger partial charge in [-0.25, -0.2) is 0 Å². The minimum Gasteiger partial charge on any atom is -0.506 e. The van der Waals surface area contributed by atoms with Crippen LogP contribution in [0.15, 0.2) is 43.4 Å². The summed E-state index contributed by atoms with van der Waals surface area (Å²) in [5, 5.41) is 9.83. The monoisotopic (exact) mass is 380 g/mol. The first kappa shape index (κ1) is 17.9. The molecule has 4 aromatic rings. The molecule has 8 heteroatoms. The number of nitrogens with zero attached hydrogens (tertiary/aromatic N) is 1. The van der Waals surface area contributed by atoms with Gasteiger partial charge in [0.25, 0.3) is 11.1 Å². The number of aromatic nitrogens is 1. The van der Waals surface area contributed by atoms with Gasteiger partial charge in [0.2, 0.25) is 0 Å². The summed E-state index contributed by atoms with van der Waals surface area (Å²) in [7, 11) is 1.50. The molecule has 4 rings (SSSR count). The highest BCUT2D eigenvalue weighted by molar-refractivity contribution is 6.17. The predicted octanol–water partition coefficient (Wildman–Crippen LogP) is 0.588. The molecule has 0 radical (unpaired) electrons. The van der Waals surface area contributed by atoms with E-state index in [1.165, 1.54) is 19.2 Å². The second-order valence-corrected chi connectivity index (χ2v) is 6.57. The topological polar surface area (TPSA) is 129 Å². The van der Waals surface area contributed by atoms with Gasteiger partial charge in [0.05, 0.1) is 27.2 Å². The molecule has 3 aromatic carbocycles. The summed E-state index contributed by atoms with van der Waals surface area (Å²) in [6.07, 6.45) is 0.394. The SMILES string of the molecule is COCCCn1c(=O)c2c(N)c3c(=O)c4ccccc4c(=O)c3c(O)c2c1=O.